The topological polar surface area (TPSA) is 87.5 Å². The lowest BCUT2D eigenvalue weighted by molar-refractivity contribution is -0.384. The molecule has 1 aromatic heterocycles. The summed E-state index contributed by atoms with van der Waals surface area (Å²) < 4.78 is 0. The molecule has 0 atom stereocenters. The normalized spacial score (nSPS) is 14.4. The molecule has 0 amide bonds. The minimum atomic E-state index is -0.477. The lowest BCUT2D eigenvalue weighted by Crippen LogP contribution is -2.46. The molecular weight excluding hydrogens is 294 g/mol. The number of aromatic nitrogens is 1. The number of nitrogens with one attached hydrogen (secondary N) is 1. The number of nitriles is 1. The van der Waals surface area contributed by atoms with E-state index in [4.69, 9.17) is 0 Å². The van der Waals surface area contributed by atoms with E-state index >= 15 is 0 Å². The number of rotatable bonds is 3. The van der Waals surface area contributed by atoms with Crippen LogP contribution in [0.2, 0.25) is 0 Å². The molecule has 1 aliphatic rings. The van der Waals surface area contributed by atoms with Crippen molar-refractivity contribution in [3.63, 3.8) is 0 Å². The number of piperazine rings is 1. The van der Waals surface area contributed by atoms with Gasteiger partial charge in [-0.05, 0) is 6.07 Å². The Morgan fingerprint density at radius 3 is 2.35 bits per heavy atom. The molecule has 0 unspecified atom stereocenters. The van der Waals surface area contributed by atoms with Crippen molar-refractivity contribution in [2.24, 2.45) is 0 Å². The number of nitrogens with zero attached hydrogens (tertiary/aromatic N) is 4. The van der Waals surface area contributed by atoms with E-state index < -0.39 is 4.92 Å². The van der Waals surface area contributed by atoms with Gasteiger partial charge in [0.05, 0.1) is 16.2 Å². The Balaban J connectivity index is 1.75. The lowest BCUT2D eigenvalue weighted by atomic mass is 10.1. The minimum Gasteiger partial charge on any atom is -0.368 e. The van der Waals surface area contributed by atoms with Crippen LogP contribution in [-0.2, 0) is 0 Å². The van der Waals surface area contributed by atoms with Crippen LogP contribution in [0.4, 0.5) is 17.1 Å². The molecule has 0 radical (unpaired) electrons. The number of benzene rings is 1. The summed E-state index contributed by atoms with van der Waals surface area (Å²) in [5.41, 5.74) is 2.22. The average molecular weight is 310 g/mol. The van der Waals surface area contributed by atoms with E-state index in [1.807, 2.05) is 24.5 Å². The summed E-state index contributed by atoms with van der Waals surface area (Å²) in [6.45, 7) is 3.22. The van der Waals surface area contributed by atoms with Crippen molar-refractivity contribution in [2.45, 2.75) is 0 Å². The number of aromatic amines is 1. The Labute approximate surface area is 133 Å². The maximum Gasteiger partial charge on any atom is 0.270 e. The summed E-state index contributed by atoms with van der Waals surface area (Å²) in [5, 5.41) is 20.1. The number of hydrogen-bond acceptors (Lipinski definition) is 5. The second-order valence-electron chi connectivity index (χ2n) is 5.30. The molecule has 2 aromatic rings. The smallest absolute Gasteiger partial charge is 0.270 e. The molecule has 1 aromatic carbocycles. The predicted octanol–water partition coefficient (Wildman–Crippen LogP) is 1.61. The first-order valence-corrected chi connectivity index (χ1v) is 7.33. The van der Waals surface area contributed by atoms with Crippen molar-refractivity contribution in [1.29, 1.82) is 5.26 Å². The van der Waals surface area contributed by atoms with Crippen molar-refractivity contribution in [3.05, 3.63) is 58.4 Å². The third kappa shape index (κ3) is 3.06. The molecule has 7 heteroatoms. The standard InChI is InChI=1S/C16H15N5O2/c17-12-13-11-15(21(22)23)1-2-16(13)20-9-7-19(8-10-20)14-3-5-18-6-4-14/h1-6,11H,7-10H2/p+1. The fourth-order valence-corrected chi connectivity index (χ4v) is 2.80. The summed E-state index contributed by atoms with van der Waals surface area (Å²) in [6.07, 6.45) is 3.79. The van der Waals surface area contributed by atoms with Gasteiger partial charge >= 0.3 is 0 Å². The average Bonchev–Trinajstić information content (AvgIpc) is 2.62. The highest BCUT2D eigenvalue weighted by Crippen LogP contribution is 2.26. The van der Waals surface area contributed by atoms with Gasteiger partial charge in [-0.1, -0.05) is 0 Å². The fraction of sp³-hybridized carbons (Fsp3) is 0.250. The van der Waals surface area contributed by atoms with Gasteiger partial charge in [-0.3, -0.25) is 10.1 Å². The third-order valence-corrected chi connectivity index (χ3v) is 4.00. The molecule has 0 spiro atoms. The largest absolute Gasteiger partial charge is 0.368 e. The van der Waals surface area contributed by atoms with E-state index in [1.165, 1.54) is 12.1 Å². The number of pyridine rings is 1. The summed E-state index contributed by atoms with van der Waals surface area (Å²) in [4.78, 5) is 17.7. The first-order chi connectivity index (χ1) is 11.2. The van der Waals surface area contributed by atoms with Gasteiger partial charge < -0.3 is 9.80 Å². The SMILES string of the molecule is N#Cc1cc([N+](=O)[O-])ccc1N1CCN(c2cc[nH+]cc2)CC1. The van der Waals surface area contributed by atoms with Gasteiger partial charge in [-0.2, -0.15) is 5.26 Å². The van der Waals surface area contributed by atoms with Gasteiger partial charge in [0.25, 0.3) is 5.69 Å². The van der Waals surface area contributed by atoms with Crippen LogP contribution < -0.4 is 14.8 Å². The van der Waals surface area contributed by atoms with Crippen molar-refractivity contribution in [1.82, 2.24) is 0 Å². The van der Waals surface area contributed by atoms with E-state index in [2.05, 4.69) is 20.9 Å². The highest BCUT2D eigenvalue weighted by molar-refractivity contribution is 5.63. The van der Waals surface area contributed by atoms with Gasteiger partial charge in [0.2, 0.25) is 0 Å². The molecule has 23 heavy (non-hydrogen) atoms. The highest BCUT2D eigenvalue weighted by Gasteiger charge is 2.21. The first kappa shape index (κ1) is 14.8. The first-order valence-electron chi connectivity index (χ1n) is 7.33. The predicted molar refractivity (Wildman–Crippen MR) is 85.2 cm³/mol. The molecule has 7 nitrogen and oxygen atoms in total. The van der Waals surface area contributed by atoms with E-state index in [9.17, 15) is 15.4 Å². The number of hydrogen-bond donors (Lipinski definition) is 0. The third-order valence-electron chi connectivity index (χ3n) is 4.00. The number of non-ortho nitro benzene ring substituents is 1. The fourth-order valence-electron chi connectivity index (χ4n) is 2.80. The van der Waals surface area contributed by atoms with Crippen LogP contribution in [0.3, 0.4) is 0 Å². The van der Waals surface area contributed by atoms with E-state index in [0.717, 1.165) is 37.6 Å². The van der Waals surface area contributed by atoms with Crippen molar-refractivity contribution < 1.29 is 9.91 Å². The van der Waals surface area contributed by atoms with Crippen molar-refractivity contribution in [3.8, 4) is 6.07 Å². The number of nitro benzene ring substituents is 1. The summed E-state index contributed by atoms with van der Waals surface area (Å²) in [6, 6.07) is 10.6. The number of nitro groups is 1. The molecule has 0 saturated carbocycles. The minimum absolute atomic E-state index is 0.0514. The summed E-state index contributed by atoms with van der Waals surface area (Å²) in [5.74, 6) is 0. The molecule has 1 fully saturated rings. The zero-order valence-corrected chi connectivity index (χ0v) is 12.5. The Morgan fingerprint density at radius 1 is 1.09 bits per heavy atom. The second-order valence-corrected chi connectivity index (χ2v) is 5.30. The maximum atomic E-state index is 10.8. The van der Waals surface area contributed by atoms with E-state index in [-0.39, 0.29) is 5.69 Å². The molecule has 1 saturated heterocycles. The Hall–Kier alpha value is -3.14. The van der Waals surface area contributed by atoms with Crippen molar-refractivity contribution >= 4 is 17.1 Å². The van der Waals surface area contributed by atoms with Gasteiger partial charge in [0.1, 0.15) is 6.07 Å². The Morgan fingerprint density at radius 2 is 1.74 bits per heavy atom. The van der Waals surface area contributed by atoms with Crippen LogP contribution in [0.25, 0.3) is 0 Å². The number of H-pyrrole nitrogens is 1. The summed E-state index contributed by atoms with van der Waals surface area (Å²) >= 11 is 0. The summed E-state index contributed by atoms with van der Waals surface area (Å²) in [7, 11) is 0. The molecule has 116 valence electrons. The van der Waals surface area contributed by atoms with Crippen LogP contribution in [0.1, 0.15) is 5.56 Å². The monoisotopic (exact) mass is 310 g/mol. The van der Waals surface area contributed by atoms with Crippen LogP contribution in [0.15, 0.2) is 42.7 Å². The molecular formula is C16H16N5O2+. The van der Waals surface area contributed by atoms with Crippen LogP contribution >= 0.6 is 0 Å². The van der Waals surface area contributed by atoms with E-state index in [0.29, 0.717) is 5.56 Å². The van der Waals surface area contributed by atoms with E-state index in [1.54, 1.807) is 6.07 Å². The van der Waals surface area contributed by atoms with Gasteiger partial charge in [0.15, 0.2) is 12.4 Å². The van der Waals surface area contributed by atoms with Crippen LogP contribution in [0, 0.1) is 21.4 Å². The zero-order valence-electron chi connectivity index (χ0n) is 12.5. The lowest BCUT2D eigenvalue weighted by Gasteiger charge is -2.37. The Bertz CT molecular complexity index is 749. The Kier molecular flexibility index (Phi) is 4.06. The molecule has 0 bridgehead atoms. The van der Waals surface area contributed by atoms with Gasteiger partial charge in [-0.15, -0.1) is 0 Å². The molecule has 2 heterocycles. The molecule has 1 aliphatic heterocycles. The van der Waals surface area contributed by atoms with Crippen LogP contribution in [-0.4, -0.2) is 31.1 Å². The van der Waals surface area contributed by atoms with Crippen LogP contribution in [0.5, 0.6) is 0 Å². The zero-order chi connectivity index (χ0) is 16.2. The number of anilines is 2. The van der Waals surface area contributed by atoms with Gasteiger partial charge in [0, 0.05) is 56.1 Å². The molecule has 3 rings (SSSR count). The molecule has 0 aliphatic carbocycles. The maximum absolute atomic E-state index is 10.8. The van der Waals surface area contributed by atoms with Crippen molar-refractivity contribution in [2.75, 3.05) is 36.0 Å². The second kappa shape index (κ2) is 6.32. The highest BCUT2D eigenvalue weighted by atomic mass is 16.6. The molecule has 1 N–H and O–H groups in total. The van der Waals surface area contributed by atoms with Gasteiger partial charge in [-0.25, -0.2) is 4.98 Å². The quantitative estimate of drug-likeness (QED) is 0.635.